The van der Waals surface area contributed by atoms with Crippen LogP contribution < -0.4 is 0 Å². The minimum Gasteiger partial charge on any atom is -0.466 e. The summed E-state index contributed by atoms with van der Waals surface area (Å²) in [7, 11) is 1.29. The van der Waals surface area contributed by atoms with Gasteiger partial charge >= 0.3 is 11.9 Å². The van der Waals surface area contributed by atoms with Crippen LogP contribution in [0.5, 0.6) is 0 Å². The molecular weight excluding hydrogens is 208 g/mol. The van der Waals surface area contributed by atoms with Gasteiger partial charge in [0.1, 0.15) is 0 Å². The molecule has 0 aliphatic rings. The summed E-state index contributed by atoms with van der Waals surface area (Å²) in [5.41, 5.74) is -1.18. The molecule has 0 aromatic rings. The number of hydrogen-bond acceptors (Lipinski definition) is 4. The molecule has 0 aliphatic heterocycles. The van der Waals surface area contributed by atoms with E-state index in [4.69, 9.17) is 4.74 Å². The number of hydrogen-bond donors (Lipinski definition) is 0. The zero-order chi connectivity index (χ0) is 12.8. The normalized spacial score (nSPS) is 14.4. The zero-order valence-electron chi connectivity index (χ0n) is 10.8. The standard InChI is InChI=1S/C12H22O4/c1-6-7-8-10(13)16-12(4,9(2)3)11(14)15-5/h9H,6-8H2,1-5H3. The molecule has 1 atom stereocenters. The molecule has 4 heteroatoms. The maximum absolute atomic E-state index is 11.6. The Morgan fingerprint density at radius 1 is 1.31 bits per heavy atom. The van der Waals surface area contributed by atoms with Crippen LogP contribution in [0.3, 0.4) is 0 Å². The summed E-state index contributed by atoms with van der Waals surface area (Å²) in [6.45, 7) is 7.23. The van der Waals surface area contributed by atoms with E-state index in [0.29, 0.717) is 6.42 Å². The minimum atomic E-state index is -1.18. The maximum Gasteiger partial charge on any atom is 0.350 e. The highest BCUT2D eigenvalue weighted by Crippen LogP contribution is 2.24. The van der Waals surface area contributed by atoms with Gasteiger partial charge in [-0.3, -0.25) is 4.79 Å². The summed E-state index contributed by atoms with van der Waals surface area (Å²) in [5.74, 6) is -0.971. The number of carbonyl (C=O) groups excluding carboxylic acids is 2. The first-order valence-electron chi connectivity index (χ1n) is 5.68. The second-order valence-electron chi connectivity index (χ2n) is 4.33. The van der Waals surface area contributed by atoms with Crippen LogP contribution in [0.1, 0.15) is 47.0 Å². The van der Waals surface area contributed by atoms with Crippen molar-refractivity contribution in [2.45, 2.75) is 52.6 Å². The van der Waals surface area contributed by atoms with Crippen molar-refractivity contribution in [3.8, 4) is 0 Å². The Kier molecular flexibility index (Phi) is 6.08. The average molecular weight is 230 g/mol. The molecule has 94 valence electrons. The van der Waals surface area contributed by atoms with E-state index < -0.39 is 11.6 Å². The monoisotopic (exact) mass is 230 g/mol. The molecule has 0 bridgehead atoms. The van der Waals surface area contributed by atoms with E-state index in [9.17, 15) is 9.59 Å². The van der Waals surface area contributed by atoms with Gasteiger partial charge < -0.3 is 9.47 Å². The molecule has 4 nitrogen and oxygen atoms in total. The van der Waals surface area contributed by atoms with Gasteiger partial charge in [-0.05, 0) is 13.3 Å². The molecule has 0 heterocycles. The highest BCUT2D eigenvalue weighted by atomic mass is 16.6. The van der Waals surface area contributed by atoms with E-state index in [1.54, 1.807) is 6.92 Å². The van der Waals surface area contributed by atoms with Crippen molar-refractivity contribution in [1.82, 2.24) is 0 Å². The maximum atomic E-state index is 11.6. The molecule has 0 radical (unpaired) electrons. The molecule has 0 N–H and O–H groups in total. The number of esters is 2. The smallest absolute Gasteiger partial charge is 0.350 e. The summed E-state index contributed by atoms with van der Waals surface area (Å²) in [6.07, 6.45) is 2.04. The summed E-state index contributed by atoms with van der Waals surface area (Å²) in [5, 5.41) is 0. The molecule has 0 saturated heterocycles. The Morgan fingerprint density at radius 2 is 1.88 bits per heavy atom. The highest BCUT2D eigenvalue weighted by Gasteiger charge is 2.41. The van der Waals surface area contributed by atoms with Gasteiger partial charge in [-0.25, -0.2) is 4.79 Å². The fraction of sp³-hybridized carbons (Fsp3) is 0.833. The Morgan fingerprint density at radius 3 is 2.25 bits per heavy atom. The molecule has 0 aromatic carbocycles. The molecule has 1 unspecified atom stereocenters. The van der Waals surface area contributed by atoms with Crippen LogP contribution >= 0.6 is 0 Å². The van der Waals surface area contributed by atoms with E-state index >= 15 is 0 Å². The first kappa shape index (κ1) is 14.9. The summed E-state index contributed by atoms with van der Waals surface area (Å²) in [6, 6.07) is 0. The van der Waals surface area contributed by atoms with Crippen LogP contribution in [0.4, 0.5) is 0 Å². The van der Waals surface area contributed by atoms with Crippen molar-refractivity contribution in [1.29, 1.82) is 0 Å². The second kappa shape index (κ2) is 6.51. The van der Waals surface area contributed by atoms with Crippen molar-refractivity contribution in [3.63, 3.8) is 0 Å². The fourth-order valence-electron chi connectivity index (χ4n) is 1.21. The van der Waals surface area contributed by atoms with E-state index in [-0.39, 0.29) is 11.9 Å². The number of unbranched alkanes of at least 4 members (excludes halogenated alkanes) is 1. The van der Waals surface area contributed by atoms with Gasteiger partial charge in [-0.2, -0.15) is 0 Å². The predicted octanol–water partition coefficient (Wildman–Crippen LogP) is 2.31. The summed E-state index contributed by atoms with van der Waals surface area (Å²) < 4.78 is 9.91. The van der Waals surface area contributed by atoms with Crippen molar-refractivity contribution >= 4 is 11.9 Å². The molecule has 0 aliphatic carbocycles. The Labute approximate surface area is 97.3 Å². The lowest BCUT2D eigenvalue weighted by Crippen LogP contribution is -2.45. The average Bonchev–Trinajstić information content (AvgIpc) is 2.24. The molecule has 0 spiro atoms. The molecule has 0 saturated carbocycles. The summed E-state index contributed by atoms with van der Waals surface area (Å²) in [4.78, 5) is 23.1. The van der Waals surface area contributed by atoms with Crippen LogP contribution in [-0.4, -0.2) is 24.6 Å². The molecule has 16 heavy (non-hydrogen) atoms. The Balaban J connectivity index is 4.56. The Hall–Kier alpha value is -1.06. The van der Waals surface area contributed by atoms with Gasteiger partial charge in [0.2, 0.25) is 5.60 Å². The third kappa shape index (κ3) is 3.83. The molecule has 0 rings (SSSR count). The Bertz CT molecular complexity index is 247. The van der Waals surface area contributed by atoms with Crippen LogP contribution in [0.15, 0.2) is 0 Å². The third-order valence-corrected chi connectivity index (χ3v) is 2.75. The SMILES string of the molecule is CCCCC(=O)OC(C)(C(=O)OC)C(C)C. The first-order valence-corrected chi connectivity index (χ1v) is 5.68. The lowest BCUT2D eigenvalue weighted by Gasteiger charge is -2.30. The van der Waals surface area contributed by atoms with Crippen molar-refractivity contribution in [2.24, 2.45) is 5.92 Å². The van der Waals surface area contributed by atoms with E-state index in [1.807, 2.05) is 20.8 Å². The topological polar surface area (TPSA) is 52.6 Å². The van der Waals surface area contributed by atoms with Crippen molar-refractivity contribution in [2.75, 3.05) is 7.11 Å². The van der Waals surface area contributed by atoms with E-state index in [0.717, 1.165) is 12.8 Å². The number of carbonyl (C=O) groups is 2. The number of rotatable bonds is 6. The van der Waals surface area contributed by atoms with Gasteiger partial charge in [0, 0.05) is 12.3 Å². The minimum absolute atomic E-state index is 0.120. The van der Waals surface area contributed by atoms with Crippen LogP contribution in [-0.2, 0) is 19.1 Å². The number of ether oxygens (including phenoxy) is 2. The quantitative estimate of drug-likeness (QED) is 0.657. The van der Waals surface area contributed by atoms with Gasteiger partial charge in [0.25, 0.3) is 0 Å². The third-order valence-electron chi connectivity index (χ3n) is 2.75. The second-order valence-corrected chi connectivity index (χ2v) is 4.33. The zero-order valence-corrected chi connectivity index (χ0v) is 10.8. The number of methoxy groups -OCH3 is 1. The van der Waals surface area contributed by atoms with Crippen molar-refractivity contribution < 1.29 is 19.1 Å². The molecule has 0 amide bonds. The van der Waals surface area contributed by atoms with Gasteiger partial charge in [-0.15, -0.1) is 0 Å². The summed E-state index contributed by atoms with van der Waals surface area (Å²) >= 11 is 0. The van der Waals surface area contributed by atoms with E-state index in [2.05, 4.69) is 4.74 Å². The lowest BCUT2D eigenvalue weighted by atomic mass is 9.92. The first-order chi connectivity index (χ1) is 7.38. The van der Waals surface area contributed by atoms with Crippen LogP contribution in [0, 0.1) is 5.92 Å². The fourth-order valence-corrected chi connectivity index (χ4v) is 1.21. The predicted molar refractivity (Wildman–Crippen MR) is 60.9 cm³/mol. The van der Waals surface area contributed by atoms with Gasteiger partial charge in [0.15, 0.2) is 0 Å². The van der Waals surface area contributed by atoms with Gasteiger partial charge in [-0.1, -0.05) is 27.2 Å². The van der Waals surface area contributed by atoms with Crippen molar-refractivity contribution in [3.05, 3.63) is 0 Å². The molecule has 0 fully saturated rings. The largest absolute Gasteiger partial charge is 0.466 e. The van der Waals surface area contributed by atoms with Gasteiger partial charge in [0.05, 0.1) is 7.11 Å². The lowest BCUT2D eigenvalue weighted by molar-refractivity contribution is -0.184. The van der Waals surface area contributed by atoms with E-state index in [1.165, 1.54) is 7.11 Å². The molecular formula is C12H22O4. The molecule has 0 aromatic heterocycles. The highest BCUT2D eigenvalue weighted by molar-refractivity contribution is 5.83. The van der Waals surface area contributed by atoms with Crippen LogP contribution in [0.25, 0.3) is 0 Å². The van der Waals surface area contributed by atoms with Crippen LogP contribution in [0.2, 0.25) is 0 Å².